The van der Waals surface area contributed by atoms with E-state index in [9.17, 15) is 0 Å². The van der Waals surface area contributed by atoms with Crippen LogP contribution in [0.1, 0.15) is 17.1 Å². The first-order valence-corrected chi connectivity index (χ1v) is 6.91. The minimum Gasteiger partial charge on any atom is -0.241 e. The standard InChI is InChI=1S/C12H10ClN5S/c1-7-4-8(2-3-10(7)13)12-14-9(6-19-12)5-11-15-17-18-16-11/h2-4,6H,5H2,1H3,(H,15,16,17,18). The van der Waals surface area contributed by atoms with Gasteiger partial charge < -0.3 is 0 Å². The maximum atomic E-state index is 6.02. The van der Waals surface area contributed by atoms with Gasteiger partial charge in [-0.3, -0.25) is 0 Å². The van der Waals surface area contributed by atoms with Crippen molar-refractivity contribution in [3.05, 3.63) is 45.7 Å². The van der Waals surface area contributed by atoms with Crippen molar-refractivity contribution < 1.29 is 0 Å². The molecular weight excluding hydrogens is 282 g/mol. The third-order valence-electron chi connectivity index (χ3n) is 2.69. The second-order valence-electron chi connectivity index (χ2n) is 4.11. The second kappa shape index (κ2) is 5.07. The molecular formula is C12H10ClN5S. The Hall–Kier alpha value is -1.79. The fourth-order valence-electron chi connectivity index (χ4n) is 1.72. The van der Waals surface area contributed by atoms with Crippen LogP contribution in [0.25, 0.3) is 10.6 Å². The Morgan fingerprint density at radius 1 is 1.37 bits per heavy atom. The Morgan fingerprint density at radius 3 is 3.00 bits per heavy atom. The number of tetrazole rings is 1. The van der Waals surface area contributed by atoms with Crippen molar-refractivity contribution in [2.75, 3.05) is 0 Å². The average Bonchev–Trinajstić information content (AvgIpc) is 3.05. The Bertz CT molecular complexity index is 692. The van der Waals surface area contributed by atoms with Crippen LogP contribution in [0.15, 0.2) is 23.6 Å². The molecule has 0 aliphatic rings. The first-order valence-electron chi connectivity index (χ1n) is 5.65. The van der Waals surface area contributed by atoms with Crippen LogP contribution in [0.3, 0.4) is 0 Å². The molecule has 2 heterocycles. The summed E-state index contributed by atoms with van der Waals surface area (Å²) in [6.07, 6.45) is 0.583. The van der Waals surface area contributed by atoms with Crippen molar-refractivity contribution in [3.8, 4) is 10.6 Å². The summed E-state index contributed by atoms with van der Waals surface area (Å²) in [5.41, 5.74) is 3.06. The van der Waals surface area contributed by atoms with Gasteiger partial charge in [-0.15, -0.1) is 21.5 Å². The summed E-state index contributed by atoms with van der Waals surface area (Å²) >= 11 is 7.62. The monoisotopic (exact) mass is 291 g/mol. The highest BCUT2D eigenvalue weighted by atomic mass is 35.5. The molecule has 0 saturated carbocycles. The van der Waals surface area contributed by atoms with Crippen LogP contribution in [0.2, 0.25) is 5.02 Å². The smallest absolute Gasteiger partial charge is 0.180 e. The molecule has 0 aliphatic heterocycles. The normalized spacial score (nSPS) is 10.8. The van der Waals surface area contributed by atoms with E-state index in [0.29, 0.717) is 12.2 Å². The Kier molecular flexibility index (Phi) is 3.27. The molecule has 96 valence electrons. The van der Waals surface area contributed by atoms with Crippen molar-refractivity contribution >= 4 is 22.9 Å². The minimum atomic E-state index is 0.583. The van der Waals surface area contributed by atoms with Crippen molar-refractivity contribution in [3.63, 3.8) is 0 Å². The number of benzene rings is 1. The Morgan fingerprint density at radius 2 is 2.26 bits per heavy atom. The van der Waals surface area contributed by atoms with Gasteiger partial charge in [0.1, 0.15) is 5.01 Å². The zero-order valence-electron chi connectivity index (χ0n) is 10.1. The molecule has 0 bridgehead atoms. The van der Waals surface area contributed by atoms with Gasteiger partial charge in [0.2, 0.25) is 0 Å². The summed E-state index contributed by atoms with van der Waals surface area (Å²) in [6, 6.07) is 5.91. The number of thiazole rings is 1. The fourth-order valence-corrected chi connectivity index (χ4v) is 2.65. The summed E-state index contributed by atoms with van der Waals surface area (Å²) in [7, 11) is 0. The molecule has 0 saturated heterocycles. The zero-order valence-corrected chi connectivity index (χ0v) is 11.7. The van der Waals surface area contributed by atoms with Crippen LogP contribution >= 0.6 is 22.9 Å². The number of nitrogens with one attached hydrogen (secondary N) is 1. The third kappa shape index (κ3) is 2.64. The lowest BCUT2D eigenvalue weighted by Gasteiger charge is -2.00. The van der Waals surface area contributed by atoms with Gasteiger partial charge in [0.15, 0.2) is 5.82 Å². The molecule has 0 radical (unpaired) electrons. The summed E-state index contributed by atoms with van der Waals surface area (Å²) in [5, 5.41) is 17.6. The summed E-state index contributed by atoms with van der Waals surface area (Å²) in [5.74, 6) is 0.643. The number of H-pyrrole nitrogens is 1. The molecule has 0 fully saturated rings. The van der Waals surface area contributed by atoms with Gasteiger partial charge in [-0.05, 0) is 24.6 Å². The van der Waals surface area contributed by atoms with Gasteiger partial charge in [-0.25, -0.2) is 4.98 Å². The topological polar surface area (TPSA) is 67.3 Å². The lowest BCUT2D eigenvalue weighted by molar-refractivity contribution is 0.881. The largest absolute Gasteiger partial charge is 0.241 e. The number of aryl methyl sites for hydroxylation is 1. The lowest BCUT2D eigenvalue weighted by atomic mass is 10.1. The molecule has 3 rings (SSSR count). The van der Waals surface area contributed by atoms with Gasteiger partial charge in [-0.1, -0.05) is 22.9 Å². The van der Waals surface area contributed by atoms with Crippen LogP contribution in [-0.2, 0) is 6.42 Å². The molecule has 3 aromatic rings. The van der Waals surface area contributed by atoms with E-state index in [2.05, 4.69) is 25.6 Å². The van der Waals surface area contributed by atoms with E-state index >= 15 is 0 Å². The SMILES string of the molecule is Cc1cc(-c2nc(Cc3nn[nH]n3)cs2)ccc1Cl. The van der Waals surface area contributed by atoms with Crippen molar-refractivity contribution in [2.24, 2.45) is 0 Å². The summed E-state index contributed by atoms with van der Waals surface area (Å²) < 4.78 is 0. The van der Waals surface area contributed by atoms with Crippen molar-refractivity contribution in [2.45, 2.75) is 13.3 Å². The van der Waals surface area contributed by atoms with Crippen LogP contribution < -0.4 is 0 Å². The Balaban J connectivity index is 1.86. The van der Waals surface area contributed by atoms with Crippen molar-refractivity contribution in [1.29, 1.82) is 0 Å². The molecule has 5 nitrogen and oxygen atoms in total. The van der Waals surface area contributed by atoms with Gasteiger partial charge in [-0.2, -0.15) is 5.21 Å². The highest BCUT2D eigenvalue weighted by molar-refractivity contribution is 7.13. The maximum absolute atomic E-state index is 6.02. The number of rotatable bonds is 3. The minimum absolute atomic E-state index is 0.583. The number of hydrogen-bond donors (Lipinski definition) is 1. The number of nitrogens with zero attached hydrogens (tertiary/aromatic N) is 4. The third-order valence-corrected chi connectivity index (χ3v) is 4.05. The van der Waals surface area contributed by atoms with E-state index in [1.807, 2.05) is 30.5 Å². The first kappa shape index (κ1) is 12.3. The number of hydrogen-bond acceptors (Lipinski definition) is 5. The molecule has 7 heteroatoms. The van der Waals surface area contributed by atoms with Gasteiger partial charge in [0, 0.05) is 16.0 Å². The van der Waals surface area contributed by atoms with E-state index in [0.717, 1.165) is 26.9 Å². The number of aromatic nitrogens is 5. The predicted octanol–water partition coefficient (Wildman–Crippen LogP) is 2.88. The number of aromatic amines is 1. The molecule has 19 heavy (non-hydrogen) atoms. The van der Waals surface area contributed by atoms with Crippen LogP contribution in [-0.4, -0.2) is 25.6 Å². The predicted molar refractivity (Wildman–Crippen MR) is 74.3 cm³/mol. The first-order chi connectivity index (χ1) is 9.22. The lowest BCUT2D eigenvalue weighted by Crippen LogP contribution is -1.91. The molecule has 2 aromatic heterocycles. The maximum Gasteiger partial charge on any atom is 0.180 e. The van der Waals surface area contributed by atoms with Gasteiger partial charge >= 0.3 is 0 Å². The van der Waals surface area contributed by atoms with E-state index in [1.54, 1.807) is 11.3 Å². The van der Waals surface area contributed by atoms with Crippen LogP contribution in [0.5, 0.6) is 0 Å². The quantitative estimate of drug-likeness (QED) is 0.806. The van der Waals surface area contributed by atoms with E-state index in [4.69, 9.17) is 11.6 Å². The zero-order chi connectivity index (χ0) is 13.2. The number of halogens is 1. The van der Waals surface area contributed by atoms with Gasteiger partial charge in [0.05, 0.1) is 12.1 Å². The highest BCUT2D eigenvalue weighted by Gasteiger charge is 2.08. The summed E-state index contributed by atoms with van der Waals surface area (Å²) in [4.78, 5) is 4.58. The molecule has 1 N–H and O–H groups in total. The second-order valence-corrected chi connectivity index (χ2v) is 5.38. The van der Waals surface area contributed by atoms with E-state index < -0.39 is 0 Å². The molecule has 0 atom stereocenters. The molecule has 0 amide bonds. The summed E-state index contributed by atoms with van der Waals surface area (Å²) in [6.45, 7) is 1.99. The van der Waals surface area contributed by atoms with Crippen LogP contribution in [0.4, 0.5) is 0 Å². The van der Waals surface area contributed by atoms with Gasteiger partial charge in [0.25, 0.3) is 0 Å². The molecule has 1 aromatic carbocycles. The molecule has 0 unspecified atom stereocenters. The highest BCUT2D eigenvalue weighted by Crippen LogP contribution is 2.27. The molecule has 0 aliphatic carbocycles. The molecule has 0 spiro atoms. The average molecular weight is 292 g/mol. The van der Waals surface area contributed by atoms with Crippen LogP contribution in [0, 0.1) is 6.92 Å². The van der Waals surface area contributed by atoms with Crippen molar-refractivity contribution in [1.82, 2.24) is 25.6 Å². The Labute approximate surface area is 118 Å². The van der Waals surface area contributed by atoms with E-state index in [1.165, 1.54) is 0 Å². The van der Waals surface area contributed by atoms with E-state index in [-0.39, 0.29) is 0 Å². The fraction of sp³-hybridized carbons (Fsp3) is 0.167.